The Labute approximate surface area is 80.2 Å². The van der Waals surface area contributed by atoms with Crippen molar-refractivity contribution in [3.05, 3.63) is 30.6 Å². The van der Waals surface area contributed by atoms with Crippen LogP contribution >= 0.6 is 15.9 Å². The van der Waals surface area contributed by atoms with Gasteiger partial charge in [-0.15, -0.1) is 0 Å². The zero-order valence-electron chi connectivity index (χ0n) is 4.80. The van der Waals surface area contributed by atoms with Gasteiger partial charge in [0, 0.05) is 12.1 Å². The molecule has 0 amide bonds. The van der Waals surface area contributed by atoms with E-state index in [1.807, 2.05) is 35.2 Å². The number of hydrogen-bond donors (Lipinski definition) is 0. The van der Waals surface area contributed by atoms with Gasteiger partial charge in [0.05, 0.1) is 0 Å². The van der Waals surface area contributed by atoms with Crippen molar-refractivity contribution in [2.24, 2.45) is 0 Å². The Balaban J connectivity index is 0.000000640. The molecule has 0 aliphatic carbocycles. The van der Waals surface area contributed by atoms with Crippen molar-refractivity contribution in [2.45, 2.75) is 5.45 Å². The summed E-state index contributed by atoms with van der Waals surface area (Å²) in [4.78, 5) is 0. The van der Waals surface area contributed by atoms with Crippen LogP contribution in [-0.2, 0) is 5.45 Å². The first-order valence-corrected chi connectivity index (χ1v) is 3.55. The molecule has 0 radical (unpaired) electrons. The number of hydrogen-bond acceptors (Lipinski definition) is 0. The van der Waals surface area contributed by atoms with Gasteiger partial charge in [0.25, 0.3) is 0 Å². The molecule has 0 unspecified atom stereocenters. The fraction of sp³-hybridized carbons (Fsp3) is 0.167. The minimum absolute atomic E-state index is 0. The van der Waals surface area contributed by atoms with E-state index < -0.39 is 0 Å². The van der Waals surface area contributed by atoms with Gasteiger partial charge in [-0.1, -0.05) is 6.07 Å². The molecule has 1 aromatic rings. The summed E-state index contributed by atoms with van der Waals surface area (Å²) in [6, 6.07) is 6.00. The summed E-state index contributed by atoms with van der Waals surface area (Å²) in [6.07, 6.45) is 4.02. The molecule has 0 N–H and O–H groups in total. The van der Waals surface area contributed by atoms with E-state index in [9.17, 15) is 0 Å². The third-order valence-corrected chi connectivity index (χ3v) is 1.49. The molecule has 0 bridgehead atoms. The highest BCUT2D eigenvalue weighted by Crippen LogP contribution is 1.80. The van der Waals surface area contributed by atoms with Gasteiger partial charge in [0.2, 0.25) is 5.45 Å². The standard InChI is InChI=1S/C6H7BrN.HI/c7-6-8-4-2-1-3-5-8;/h1-5H,6H2;1H/q+1;/p-1. The van der Waals surface area contributed by atoms with Crippen LogP contribution in [0.5, 0.6) is 0 Å². The van der Waals surface area contributed by atoms with Crippen molar-refractivity contribution >= 4 is 15.9 Å². The maximum Gasteiger partial charge on any atom is 0.202 e. The second kappa shape index (κ2) is 5.17. The topological polar surface area (TPSA) is 3.88 Å². The molecule has 0 aromatic carbocycles. The molecular weight excluding hydrogens is 293 g/mol. The zero-order valence-corrected chi connectivity index (χ0v) is 8.54. The normalized spacial score (nSPS) is 8.11. The van der Waals surface area contributed by atoms with Crippen molar-refractivity contribution < 1.29 is 28.5 Å². The molecule has 0 aliphatic heterocycles. The van der Waals surface area contributed by atoms with Gasteiger partial charge >= 0.3 is 0 Å². The third kappa shape index (κ3) is 3.15. The minimum atomic E-state index is 0. The Hall–Kier alpha value is 0.360. The van der Waals surface area contributed by atoms with Crippen molar-refractivity contribution in [2.75, 3.05) is 0 Å². The molecule has 50 valence electrons. The van der Waals surface area contributed by atoms with E-state index >= 15 is 0 Å². The number of rotatable bonds is 1. The summed E-state index contributed by atoms with van der Waals surface area (Å²) in [6.45, 7) is 0. The molecule has 0 spiro atoms. The predicted octanol–water partition coefficient (Wildman–Crippen LogP) is -1.67. The zero-order chi connectivity index (χ0) is 5.82. The van der Waals surface area contributed by atoms with Gasteiger partial charge in [0.1, 0.15) is 0 Å². The molecule has 3 heteroatoms. The van der Waals surface area contributed by atoms with Crippen LogP contribution in [0.15, 0.2) is 30.6 Å². The summed E-state index contributed by atoms with van der Waals surface area (Å²) >= 11 is 3.32. The van der Waals surface area contributed by atoms with Crippen molar-refractivity contribution in [3.8, 4) is 0 Å². The van der Waals surface area contributed by atoms with Crippen LogP contribution in [0.3, 0.4) is 0 Å². The van der Waals surface area contributed by atoms with Crippen LogP contribution < -0.4 is 28.5 Å². The predicted molar refractivity (Wildman–Crippen MR) is 35.6 cm³/mol. The lowest BCUT2D eigenvalue weighted by Gasteiger charge is -1.83. The van der Waals surface area contributed by atoms with E-state index in [-0.39, 0.29) is 24.0 Å². The van der Waals surface area contributed by atoms with Gasteiger partial charge in [-0.3, -0.25) is 0 Å². The Kier molecular flexibility index (Phi) is 5.38. The second-order valence-corrected chi connectivity index (χ2v) is 2.01. The van der Waals surface area contributed by atoms with Crippen molar-refractivity contribution in [1.29, 1.82) is 0 Å². The Morgan fingerprint density at radius 1 is 1.11 bits per heavy atom. The first-order valence-electron chi connectivity index (χ1n) is 2.43. The third-order valence-electron chi connectivity index (χ3n) is 0.915. The van der Waals surface area contributed by atoms with E-state index in [2.05, 4.69) is 15.9 Å². The molecule has 9 heavy (non-hydrogen) atoms. The van der Waals surface area contributed by atoms with E-state index in [1.165, 1.54) is 0 Å². The first-order chi connectivity index (χ1) is 3.93. The average Bonchev–Trinajstić information content (AvgIpc) is 1.90. The Morgan fingerprint density at radius 3 is 2.00 bits per heavy atom. The Bertz CT molecular complexity index is 154. The van der Waals surface area contributed by atoms with Gasteiger partial charge in [0.15, 0.2) is 12.4 Å². The van der Waals surface area contributed by atoms with Crippen LogP contribution in [0.25, 0.3) is 0 Å². The molecule has 1 aromatic heterocycles. The maximum atomic E-state index is 3.32. The second-order valence-electron chi connectivity index (χ2n) is 1.51. The van der Waals surface area contributed by atoms with Gasteiger partial charge < -0.3 is 24.0 Å². The van der Waals surface area contributed by atoms with Crippen LogP contribution in [0, 0.1) is 0 Å². The van der Waals surface area contributed by atoms with Gasteiger partial charge in [-0.25, -0.2) is 0 Å². The summed E-state index contributed by atoms with van der Waals surface area (Å²) in [7, 11) is 0. The van der Waals surface area contributed by atoms with Gasteiger partial charge in [-0.05, 0) is 15.9 Å². The lowest BCUT2D eigenvalue weighted by molar-refractivity contribution is -0.674. The van der Waals surface area contributed by atoms with Gasteiger partial charge in [-0.2, -0.15) is 4.57 Å². The smallest absolute Gasteiger partial charge is 0.202 e. The fourth-order valence-corrected chi connectivity index (χ4v) is 0.848. The highest BCUT2D eigenvalue weighted by molar-refractivity contribution is 9.08. The number of alkyl halides is 1. The molecular formula is C6H7BrIN. The van der Waals surface area contributed by atoms with E-state index in [4.69, 9.17) is 0 Å². The number of halogens is 2. The van der Waals surface area contributed by atoms with Crippen molar-refractivity contribution in [3.63, 3.8) is 0 Å². The van der Waals surface area contributed by atoms with E-state index in [0.717, 1.165) is 5.45 Å². The SMILES string of the molecule is BrC[n+]1ccccc1.[I-]. The molecule has 0 aliphatic rings. The number of aromatic nitrogens is 1. The monoisotopic (exact) mass is 299 g/mol. The maximum absolute atomic E-state index is 3.32. The molecule has 0 atom stereocenters. The molecule has 1 nitrogen and oxygen atoms in total. The number of pyridine rings is 1. The van der Waals surface area contributed by atoms with E-state index in [0.29, 0.717) is 0 Å². The summed E-state index contributed by atoms with van der Waals surface area (Å²) < 4.78 is 2.04. The fourth-order valence-electron chi connectivity index (χ4n) is 0.514. The van der Waals surface area contributed by atoms with E-state index in [1.54, 1.807) is 0 Å². The lowest BCUT2D eigenvalue weighted by atomic mass is 10.5. The molecule has 0 fully saturated rings. The quantitative estimate of drug-likeness (QED) is 0.332. The number of nitrogens with zero attached hydrogens (tertiary/aromatic N) is 1. The summed E-state index contributed by atoms with van der Waals surface area (Å²) in [5.74, 6) is 0. The first kappa shape index (κ1) is 9.36. The highest BCUT2D eigenvalue weighted by Gasteiger charge is 1.87. The van der Waals surface area contributed by atoms with Crippen molar-refractivity contribution in [1.82, 2.24) is 0 Å². The average molecular weight is 300 g/mol. The van der Waals surface area contributed by atoms with Crippen LogP contribution in [0.1, 0.15) is 0 Å². The van der Waals surface area contributed by atoms with Crippen LogP contribution in [-0.4, -0.2) is 0 Å². The van der Waals surface area contributed by atoms with Crippen LogP contribution in [0.2, 0.25) is 0 Å². The van der Waals surface area contributed by atoms with Crippen LogP contribution in [0.4, 0.5) is 0 Å². The highest BCUT2D eigenvalue weighted by atomic mass is 127. The molecule has 1 rings (SSSR count). The Morgan fingerprint density at radius 2 is 1.67 bits per heavy atom. The largest absolute Gasteiger partial charge is 1.00 e. The summed E-state index contributed by atoms with van der Waals surface area (Å²) in [5, 5.41) is 0. The summed E-state index contributed by atoms with van der Waals surface area (Å²) in [5.41, 5.74) is 0.869. The molecule has 0 saturated heterocycles. The lowest BCUT2D eigenvalue weighted by Crippen LogP contribution is -3.00. The molecule has 0 saturated carbocycles. The molecule has 1 heterocycles. The minimum Gasteiger partial charge on any atom is -1.00 e.